The zero-order chi connectivity index (χ0) is 16.4. The second kappa shape index (κ2) is 6.28. The van der Waals surface area contributed by atoms with Crippen LogP contribution in [0.4, 0.5) is 4.39 Å². The molecule has 2 N–H and O–H groups in total. The molecule has 0 bridgehead atoms. The number of rotatable bonds is 4. The largest absolute Gasteiger partial charge is 0.380 e. The van der Waals surface area contributed by atoms with E-state index in [2.05, 4.69) is 10.3 Å². The van der Waals surface area contributed by atoms with Crippen molar-refractivity contribution in [3.8, 4) is 0 Å². The van der Waals surface area contributed by atoms with Gasteiger partial charge in [-0.15, -0.1) is 0 Å². The maximum atomic E-state index is 13.7. The van der Waals surface area contributed by atoms with Gasteiger partial charge in [0.1, 0.15) is 16.9 Å². The monoisotopic (exact) mass is 319 g/mol. The lowest BCUT2D eigenvalue weighted by Gasteiger charge is -2.30. The van der Waals surface area contributed by atoms with Crippen LogP contribution in [0.1, 0.15) is 37.9 Å². The summed E-state index contributed by atoms with van der Waals surface area (Å²) in [6.07, 6.45) is 4.38. The summed E-state index contributed by atoms with van der Waals surface area (Å²) in [6, 6.07) is 4.86. The smallest absolute Gasteiger partial charge is 0.251 e. The Morgan fingerprint density at radius 2 is 2.13 bits per heavy atom. The number of carbonyl (C=O) groups is 1. The van der Waals surface area contributed by atoms with Crippen LogP contribution in [-0.2, 0) is 18.3 Å². The summed E-state index contributed by atoms with van der Waals surface area (Å²) < 4.78 is 15.6. The van der Waals surface area contributed by atoms with Crippen LogP contribution in [0, 0.1) is 5.82 Å². The fraction of sp³-hybridized carbons (Fsp3) is 0.529. The molecule has 0 atom stereocenters. The maximum absolute atomic E-state index is 13.7. The van der Waals surface area contributed by atoms with Crippen LogP contribution in [-0.4, -0.2) is 32.7 Å². The molecule has 1 aliphatic carbocycles. The van der Waals surface area contributed by atoms with Crippen LogP contribution < -0.4 is 5.32 Å². The van der Waals surface area contributed by atoms with Crippen molar-refractivity contribution in [2.45, 2.75) is 44.1 Å². The Balaban J connectivity index is 1.64. The van der Waals surface area contributed by atoms with Gasteiger partial charge in [-0.25, -0.2) is 9.37 Å². The number of aromatic nitrogens is 2. The molecule has 0 radical (unpaired) electrons. The van der Waals surface area contributed by atoms with Gasteiger partial charge in [0.05, 0.1) is 5.52 Å². The van der Waals surface area contributed by atoms with Crippen molar-refractivity contribution in [1.29, 1.82) is 0 Å². The van der Waals surface area contributed by atoms with Crippen molar-refractivity contribution in [2.24, 2.45) is 7.05 Å². The first-order chi connectivity index (χ1) is 11.0. The molecule has 1 amide bonds. The van der Waals surface area contributed by atoms with Gasteiger partial charge in [0, 0.05) is 20.0 Å². The van der Waals surface area contributed by atoms with Gasteiger partial charge < -0.3 is 15.0 Å². The van der Waals surface area contributed by atoms with Crippen LogP contribution in [0.3, 0.4) is 0 Å². The van der Waals surface area contributed by atoms with Gasteiger partial charge in [0.15, 0.2) is 5.82 Å². The zero-order valence-electron chi connectivity index (χ0n) is 13.3. The molecule has 1 saturated carbocycles. The highest BCUT2D eigenvalue weighted by Gasteiger charge is 2.36. The van der Waals surface area contributed by atoms with E-state index in [1.807, 2.05) is 17.7 Å². The highest BCUT2D eigenvalue weighted by molar-refractivity contribution is 5.85. The number of nitrogens with one attached hydrogen (secondary N) is 1. The van der Waals surface area contributed by atoms with Crippen molar-refractivity contribution < 1.29 is 14.3 Å². The maximum Gasteiger partial charge on any atom is 0.251 e. The van der Waals surface area contributed by atoms with Crippen LogP contribution in [0.25, 0.3) is 11.0 Å². The van der Waals surface area contributed by atoms with Gasteiger partial charge in [0.25, 0.3) is 5.91 Å². The summed E-state index contributed by atoms with van der Waals surface area (Å²) >= 11 is 0. The number of imidazole rings is 1. The predicted octanol–water partition coefficient (Wildman–Crippen LogP) is 2.07. The van der Waals surface area contributed by atoms with E-state index in [1.165, 1.54) is 6.07 Å². The Kier molecular flexibility index (Phi) is 4.35. The number of carbonyl (C=O) groups excluding carboxylic acids is 1. The highest BCUT2D eigenvalue weighted by atomic mass is 19.1. The van der Waals surface area contributed by atoms with Gasteiger partial charge in [-0.1, -0.05) is 25.3 Å². The second-order valence-electron chi connectivity index (χ2n) is 6.29. The minimum Gasteiger partial charge on any atom is -0.380 e. The average molecular weight is 319 g/mol. The quantitative estimate of drug-likeness (QED) is 0.906. The van der Waals surface area contributed by atoms with E-state index in [1.54, 1.807) is 6.07 Å². The molecule has 6 heteroatoms. The lowest BCUT2D eigenvalue weighted by atomic mass is 9.84. The van der Waals surface area contributed by atoms with Crippen LogP contribution in [0.15, 0.2) is 18.2 Å². The number of amides is 1. The topological polar surface area (TPSA) is 67.2 Å². The average Bonchev–Trinajstić information content (AvgIpc) is 2.86. The Hall–Kier alpha value is -1.95. The number of nitrogens with zero attached hydrogens (tertiary/aromatic N) is 2. The predicted molar refractivity (Wildman–Crippen MR) is 85.4 cm³/mol. The summed E-state index contributed by atoms with van der Waals surface area (Å²) in [6.45, 7) is 0.375. The first-order valence-corrected chi connectivity index (χ1v) is 8.12. The lowest BCUT2D eigenvalue weighted by molar-refractivity contribution is -0.142. The summed E-state index contributed by atoms with van der Waals surface area (Å²) in [5.41, 5.74) is -0.143. The molecule has 3 rings (SSSR count). The van der Waals surface area contributed by atoms with E-state index >= 15 is 0 Å². The van der Waals surface area contributed by atoms with Crippen LogP contribution >= 0.6 is 0 Å². The Bertz CT molecular complexity index is 720. The number of aryl methyl sites for hydroxylation is 1. The molecular formula is C17H22FN3O2. The summed E-state index contributed by atoms with van der Waals surface area (Å²) in [7, 11) is 1.83. The van der Waals surface area contributed by atoms with Gasteiger partial charge in [0.2, 0.25) is 0 Å². The molecule has 23 heavy (non-hydrogen) atoms. The Morgan fingerprint density at radius 1 is 1.39 bits per heavy atom. The van der Waals surface area contributed by atoms with E-state index < -0.39 is 5.60 Å². The molecule has 1 aromatic carbocycles. The van der Waals surface area contributed by atoms with E-state index in [4.69, 9.17) is 0 Å². The van der Waals surface area contributed by atoms with Gasteiger partial charge in [-0.05, 0) is 25.0 Å². The van der Waals surface area contributed by atoms with Gasteiger partial charge >= 0.3 is 0 Å². The molecule has 2 aromatic rings. The normalized spacial score (nSPS) is 17.3. The number of benzene rings is 1. The SMILES string of the molecule is Cn1c(CCNC(=O)C2(O)CCCCC2)nc2c(F)cccc21. The first-order valence-electron chi connectivity index (χ1n) is 8.12. The van der Waals surface area contributed by atoms with E-state index in [-0.39, 0.29) is 11.7 Å². The molecule has 1 aromatic heterocycles. The second-order valence-corrected chi connectivity index (χ2v) is 6.29. The number of hydrogen-bond acceptors (Lipinski definition) is 3. The summed E-state index contributed by atoms with van der Waals surface area (Å²) in [5, 5.41) is 13.2. The molecular weight excluding hydrogens is 297 g/mol. The molecule has 1 heterocycles. The number of aliphatic hydroxyl groups is 1. The molecule has 0 aliphatic heterocycles. The van der Waals surface area contributed by atoms with E-state index in [0.29, 0.717) is 37.1 Å². The van der Waals surface area contributed by atoms with Gasteiger partial charge in [-0.3, -0.25) is 4.79 Å². The van der Waals surface area contributed by atoms with Crippen LogP contribution in [0.2, 0.25) is 0 Å². The first kappa shape index (κ1) is 15.9. The van der Waals surface area contributed by atoms with Crippen molar-refractivity contribution >= 4 is 16.9 Å². The fourth-order valence-electron chi connectivity index (χ4n) is 3.27. The highest BCUT2D eigenvalue weighted by Crippen LogP contribution is 2.28. The molecule has 1 aliphatic rings. The summed E-state index contributed by atoms with van der Waals surface area (Å²) in [4.78, 5) is 16.5. The molecule has 1 fully saturated rings. The Labute approximate surface area is 134 Å². The van der Waals surface area contributed by atoms with E-state index in [9.17, 15) is 14.3 Å². The zero-order valence-corrected chi connectivity index (χ0v) is 13.3. The summed E-state index contributed by atoms with van der Waals surface area (Å²) in [5.74, 6) is 0.0630. The molecule has 5 nitrogen and oxygen atoms in total. The number of fused-ring (bicyclic) bond motifs is 1. The minimum atomic E-state index is -1.23. The van der Waals surface area contributed by atoms with E-state index in [0.717, 1.165) is 24.8 Å². The van der Waals surface area contributed by atoms with Gasteiger partial charge in [-0.2, -0.15) is 0 Å². The standard InChI is InChI=1S/C17H22FN3O2/c1-21-13-7-5-6-12(18)15(13)20-14(21)8-11-19-16(22)17(23)9-3-2-4-10-17/h5-7,23H,2-4,8-11H2,1H3,(H,19,22). The number of para-hydroxylation sites is 1. The van der Waals surface area contributed by atoms with Crippen molar-refractivity contribution in [3.63, 3.8) is 0 Å². The number of hydrogen-bond donors (Lipinski definition) is 2. The molecule has 0 spiro atoms. The van der Waals surface area contributed by atoms with Crippen molar-refractivity contribution in [2.75, 3.05) is 6.54 Å². The third-order valence-electron chi connectivity index (χ3n) is 4.69. The fourth-order valence-corrected chi connectivity index (χ4v) is 3.27. The third kappa shape index (κ3) is 3.08. The third-order valence-corrected chi connectivity index (χ3v) is 4.69. The van der Waals surface area contributed by atoms with Crippen molar-refractivity contribution in [1.82, 2.24) is 14.9 Å². The van der Waals surface area contributed by atoms with Crippen LogP contribution in [0.5, 0.6) is 0 Å². The minimum absolute atomic E-state index is 0.304. The number of halogens is 1. The molecule has 0 saturated heterocycles. The molecule has 124 valence electrons. The Morgan fingerprint density at radius 3 is 2.83 bits per heavy atom. The molecule has 0 unspecified atom stereocenters. The van der Waals surface area contributed by atoms with Crippen molar-refractivity contribution in [3.05, 3.63) is 29.8 Å². The lowest BCUT2D eigenvalue weighted by Crippen LogP contribution is -2.48.